The second-order valence-corrected chi connectivity index (χ2v) is 6.38. The largest absolute Gasteiger partial charge is 0.495 e. The summed E-state index contributed by atoms with van der Waals surface area (Å²) in [6.45, 7) is 1.71. The summed E-state index contributed by atoms with van der Waals surface area (Å²) < 4.78 is 5.41. The lowest BCUT2D eigenvalue weighted by molar-refractivity contribution is 0.417. The molecule has 1 aromatic heterocycles. The Morgan fingerprint density at radius 2 is 1.70 bits per heavy atom. The summed E-state index contributed by atoms with van der Waals surface area (Å²) in [5.74, 6) is 2.05. The maximum atomic E-state index is 5.41. The molecule has 0 saturated carbocycles. The minimum atomic E-state index is 0.521. The first kappa shape index (κ1) is 18.7. The van der Waals surface area contributed by atoms with E-state index in [-0.39, 0.29) is 0 Å². The highest BCUT2D eigenvalue weighted by molar-refractivity contribution is 5.68. The minimum absolute atomic E-state index is 0.521. The maximum absolute atomic E-state index is 5.41. The average Bonchev–Trinajstić information content (AvgIpc) is 2.69. The number of likely N-dealkylation sites (N-methyl/N-ethyl adjacent to an activating group) is 1. The van der Waals surface area contributed by atoms with Crippen molar-refractivity contribution in [3.8, 4) is 17.0 Å². The predicted octanol–water partition coefficient (Wildman–Crippen LogP) is 3.87. The van der Waals surface area contributed by atoms with Crippen molar-refractivity contribution in [3.63, 3.8) is 0 Å². The number of methoxy groups -OCH3 is 1. The molecule has 3 aromatic rings. The van der Waals surface area contributed by atoms with Crippen LogP contribution in [0.5, 0.6) is 5.75 Å². The van der Waals surface area contributed by atoms with Crippen LogP contribution in [0.4, 0.5) is 17.5 Å². The second-order valence-electron chi connectivity index (χ2n) is 6.38. The molecule has 0 amide bonds. The van der Waals surface area contributed by atoms with Gasteiger partial charge in [-0.2, -0.15) is 4.98 Å². The molecule has 3 rings (SSSR count). The van der Waals surface area contributed by atoms with Gasteiger partial charge in [-0.3, -0.25) is 0 Å². The van der Waals surface area contributed by atoms with Gasteiger partial charge in [0.15, 0.2) is 0 Å². The summed E-state index contributed by atoms with van der Waals surface area (Å²) in [6, 6.07) is 19.8. The monoisotopic (exact) mass is 363 g/mol. The fourth-order valence-corrected chi connectivity index (χ4v) is 2.63. The van der Waals surface area contributed by atoms with Gasteiger partial charge in [-0.25, -0.2) is 4.98 Å². The normalized spacial score (nSPS) is 10.7. The lowest BCUT2D eigenvalue weighted by atomic mass is 10.1. The molecule has 0 bridgehead atoms. The van der Waals surface area contributed by atoms with Gasteiger partial charge in [0.25, 0.3) is 0 Å². The molecule has 0 atom stereocenters. The molecule has 0 radical (unpaired) electrons. The number of benzene rings is 2. The summed E-state index contributed by atoms with van der Waals surface area (Å²) in [6.07, 6.45) is 0. The highest BCUT2D eigenvalue weighted by Gasteiger charge is 2.09. The summed E-state index contributed by atoms with van der Waals surface area (Å²) in [5.41, 5.74) is 2.72. The molecular formula is C21H25N5O. The third-order valence-corrected chi connectivity index (χ3v) is 4.01. The van der Waals surface area contributed by atoms with Crippen LogP contribution in [0.15, 0.2) is 60.7 Å². The summed E-state index contributed by atoms with van der Waals surface area (Å²) >= 11 is 0. The lowest BCUT2D eigenvalue weighted by Crippen LogP contribution is -2.21. The number of ether oxygens (including phenoxy) is 1. The first-order chi connectivity index (χ1) is 13.2. The Labute approximate surface area is 160 Å². The summed E-state index contributed by atoms with van der Waals surface area (Å²) in [7, 11) is 5.74. The van der Waals surface area contributed by atoms with E-state index in [1.807, 2.05) is 74.8 Å². The van der Waals surface area contributed by atoms with E-state index >= 15 is 0 Å². The first-order valence-corrected chi connectivity index (χ1v) is 8.89. The van der Waals surface area contributed by atoms with Crippen molar-refractivity contribution >= 4 is 17.5 Å². The molecule has 2 aromatic carbocycles. The quantitative estimate of drug-likeness (QED) is 0.633. The zero-order chi connectivity index (χ0) is 19.1. The third-order valence-electron chi connectivity index (χ3n) is 4.01. The highest BCUT2D eigenvalue weighted by Crippen LogP contribution is 2.28. The van der Waals surface area contributed by atoms with Crippen LogP contribution in [0, 0.1) is 0 Å². The molecule has 0 spiro atoms. The molecule has 1 heterocycles. The molecule has 140 valence electrons. The van der Waals surface area contributed by atoms with Gasteiger partial charge in [-0.15, -0.1) is 0 Å². The number of nitrogens with zero attached hydrogens (tertiary/aromatic N) is 3. The lowest BCUT2D eigenvalue weighted by Gasteiger charge is -2.14. The van der Waals surface area contributed by atoms with E-state index in [9.17, 15) is 0 Å². The van der Waals surface area contributed by atoms with Crippen LogP contribution in [0.3, 0.4) is 0 Å². The van der Waals surface area contributed by atoms with E-state index in [1.54, 1.807) is 7.11 Å². The topological polar surface area (TPSA) is 62.3 Å². The van der Waals surface area contributed by atoms with Crippen molar-refractivity contribution in [1.82, 2.24) is 14.9 Å². The molecule has 6 heteroatoms. The van der Waals surface area contributed by atoms with E-state index in [2.05, 4.69) is 25.5 Å². The number of hydrogen-bond acceptors (Lipinski definition) is 6. The van der Waals surface area contributed by atoms with Crippen LogP contribution in [0.25, 0.3) is 11.3 Å². The number of para-hydroxylation sites is 2. The van der Waals surface area contributed by atoms with Crippen molar-refractivity contribution in [2.24, 2.45) is 0 Å². The van der Waals surface area contributed by atoms with Crippen LogP contribution in [0.2, 0.25) is 0 Å². The van der Waals surface area contributed by atoms with E-state index < -0.39 is 0 Å². The fourth-order valence-electron chi connectivity index (χ4n) is 2.63. The predicted molar refractivity (Wildman–Crippen MR) is 111 cm³/mol. The van der Waals surface area contributed by atoms with Crippen LogP contribution in [0.1, 0.15) is 0 Å². The minimum Gasteiger partial charge on any atom is -0.495 e. The summed E-state index contributed by atoms with van der Waals surface area (Å²) in [5, 5.41) is 6.65. The average molecular weight is 363 g/mol. The molecule has 0 aliphatic carbocycles. The van der Waals surface area contributed by atoms with Crippen molar-refractivity contribution < 1.29 is 4.74 Å². The van der Waals surface area contributed by atoms with Crippen molar-refractivity contribution in [3.05, 3.63) is 60.7 Å². The second kappa shape index (κ2) is 9.00. The standard InChI is InChI=1S/C21H25N5O/c1-26(2)14-13-22-20-15-18(16-9-5-4-6-10-16)24-21(25-20)23-17-11-7-8-12-19(17)27-3/h4-12,15H,13-14H2,1-3H3,(H2,22,23,24,25). The molecule has 0 aliphatic heterocycles. The van der Waals surface area contributed by atoms with Gasteiger partial charge in [0, 0.05) is 24.7 Å². The van der Waals surface area contributed by atoms with Gasteiger partial charge in [-0.05, 0) is 26.2 Å². The Morgan fingerprint density at radius 3 is 2.44 bits per heavy atom. The highest BCUT2D eigenvalue weighted by atomic mass is 16.5. The van der Waals surface area contributed by atoms with Crippen molar-refractivity contribution in [2.45, 2.75) is 0 Å². The van der Waals surface area contributed by atoms with Crippen molar-refractivity contribution in [2.75, 3.05) is 44.9 Å². The van der Waals surface area contributed by atoms with Gasteiger partial charge < -0.3 is 20.3 Å². The number of nitrogens with one attached hydrogen (secondary N) is 2. The van der Waals surface area contributed by atoms with Gasteiger partial charge >= 0.3 is 0 Å². The van der Waals surface area contributed by atoms with Gasteiger partial charge in [-0.1, -0.05) is 42.5 Å². The molecule has 6 nitrogen and oxygen atoms in total. The molecule has 0 unspecified atom stereocenters. The SMILES string of the molecule is COc1ccccc1Nc1nc(NCCN(C)C)cc(-c2ccccc2)n1. The van der Waals surface area contributed by atoms with Crippen LogP contribution < -0.4 is 15.4 Å². The molecule has 0 aliphatic rings. The fraction of sp³-hybridized carbons (Fsp3) is 0.238. The third kappa shape index (κ3) is 5.18. The Bertz CT molecular complexity index is 867. The van der Waals surface area contributed by atoms with E-state index in [4.69, 9.17) is 4.74 Å². The Morgan fingerprint density at radius 1 is 0.963 bits per heavy atom. The maximum Gasteiger partial charge on any atom is 0.229 e. The van der Waals surface area contributed by atoms with Gasteiger partial charge in [0.2, 0.25) is 5.95 Å². The van der Waals surface area contributed by atoms with Gasteiger partial charge in [0.05, 0.1) is 18.5 Å². The Kier molecular flexibility index (Phi) is 6.22. The number of hydrogen-bond donors (Lipinski definition) is 2. The zero-order valence-electron chi connectivity index (χ0n) is 15.9. The Hall–Kier alpha value is -3.12. The Balaban J connectivity index is 1.91. The van der Waals surface area contributed by atoms with Gasteiger partial charge in [0.1, 0.15) is 11.6 Å². The molecule has 0 fully saturated rings. The van der Waals surface area contributed by atoms with Crippen LogP contribution in [-0.4, -0.2) is 49.2 Å². The number of aromatic nitrogens is 2. The smallest absolute Gasteiger partial charge is 0.229 e. The zero-order valence-corrected chi connectivity index (χ0v) is 15.9. The van der Waals surface area contributed by atoms with Crippen molar-refractivity contribution in [1.29, 1.82) is 0 Å². The van der Waals surface area contributed by atoms with E-state index in [0.717, 1.165) is 41.6 Å². The van der Waals surface area contributed by atoms with Crippen LogP contribution in [-0.2, 0) is 0 Å². The van der Waals surface area contributed by atoms with E-state index in [0.29, 0.717) is 5.95 Å². The molecule has 2 N–H and O–H groups in total. The molecule has 0 saturated heterocycles. The number of anilines is 3. The molecular weight excluding hydrogens is 338 g/mol. The first-order valence-electron chi connectivity index (χ1n) is 8.89. The van der Waals surface area contributed by atoms with E-state index in [1.165, 1.54) is 0 Å². The van der Waals surface area contributed by atoms with Crippen LogP contribution >= 0.6 is 0 Å². The molecule has 27 heavy (non-hydrogen) atoms. The summed E-state index contributed by atoms with van der Waals surface area (Å²) in [4.78, 5) is 11.4. The number of rotatable bonds is 8.